The molecule has 4 heteroatoms. The average molecular weight is 771 g/mol. The van der Waals surface area contributed by atoms with Crippen molar-refractivity contribution in [1.29, 1.82) is 0 Å². The van der Waals surface area contributed by atoms with Crippen LogP contribution in [-0.2, 0) is 0 Å². The molecular weight excluding hydrogens is 722 g/mol. The summed E-state index contributed by atoms with van der Waals surface area (Å²) in [6.45, 7) is 13.6. The average Bonchev–Trinajstić information content (AvgIpc) is 3.26. The highest BCUT2D eigenvalue weighted by atomic mass is 15.2. The highest BCUT2D eigenvalue weighted by Gasteiger charge is 2.44. The molecule has 8 aromatic rings. The molecule has 0 amide bonds. The van der Waals surface area contributed by atoms with Crippen LogP contribution in [-0.4, -0.2) is 13.4 Å². The number of para-hydroxylation sites is 3. The maximum absolute atomic E-state index is 2.62. The van der Waals surface area contributed by atoms with Crippen LogP contribution in [0.15, 0.2) is 182 Å². The first kappa shape index (κ1) is 37.5. The molecule has 0 N–H and O–H groups in total. The second kappa shape index (κ2) is 15.1. The highest BCUT2D eigenvalue weighted by molar-refractivity contribution is 7.04. The van der Waals surface area contributed by atoms with Gasteiger partial charge in [-0.25, -0.2) is 0 Å². The van der Waals surface area contributed by atoms with Crippen molar-refractivity contribution in [3.05, 3.63) is 226 Å². The van der Waals surface area contributed by atoms with E-state index < -0.39 is 0 Å². The predicted octanol–water partition coefficient (Wildman–Crippen LogP) is 10.7. The number of anilines is 5. The van der Waals surface area contributed by atoms with Crippen molar-refractivity contribution >= 4 is 80.3 Å². The third kappa shape index (κ3) is 6.21. The van der Waals surface area contributed by atoms with Crippen molar-refractivity contribution in [1.82, 2.24) is 0 Å². The van der Waals surface area contributed by atoms with Gasteiger partial charge in [0.05, 0.1) is 0 Å². The minimum atomic E-state index is -0.0633. The topological polar surface area (TPSA) is 6.48 Å². The van der Waals surface area contributed by atoms with Crippen molar-refractivity contribution in [3.8, 4) is 0 Å². The Morgan fingerprint density at radius 3 is 1.30 bits per heavy atom. The molecule has 0 aliphatic carbocycles. The Bertz CT molecular complexity index is 2890. The highest BCUT2D eigenvalue weighted by Crippen LogP contribution is 2.46. The molecule has 0 aromatic heterocycles. The SMILES string of the molecule is Cc1cc(C)c(B2C(c3ccccc3)=C(c3ccccc3)N(c3ccccc3)c3cc4c(cc32)B(c2c(C)cc(C)cc2C)c2ccccc2N4c2ccccc2)c(C)c1. The summed E-state index contributed by atoms with van der Waals surface area (Å²) >= 11 is 0. The summed E-state index contributed by atoms with van der Waals surface area (Å²) in [7, 11) is 0. The van der Waals surface area contributed by atoms with Crippen LogP contribution in [0.25, 0.3) is 11.2 Å². The molecule has 0 atom stereocenters. The predicted molar refractivity (Wildman–Crippen MR) is 260 cm³/mol. The van der Waals surface area contributed by atoms with E-state index in [1.165, 1.54) is 100 Å². The number of aryl methyl sites for hydroxylation is 6. The molecule has 2 nitrogen and oxygen atoms in total. The minimum absolute atomic E-state index is 0.0211. The molecule has 10 rings (SSSR count). The Balaban J connectivity index is 1.40. The van der Waals surface area contributed by atoms with Crippen molar-refractivity contribution < 1.29 is 0 Å². The number of nitrogens with zero attached hydrogens (tertiary/aromatic N) is 2. The van der Waals surface area contributed by atoms with Crippen molar-refractivity contribution in [2.24, 2.45) is 0 Å². The minimum Gasteiger partial charge on any atom is -0.311 e. The van der Waals surface area contributed by atoms with Gasteiger partial charge in [-0.3, -0.25) is 0 Å². The van der Waals surface area contributed by atoms with Gasteiger partial charge in [0.15, 0.2) is 0 Å². The first-order valence-corrected chi connectivity index (χ1v) is 21.3. The van der Waals surface area contributed by atoms with Gasteiger partial charge in [0.25, 0.3) is 0 Å². The van der Waals surface area contributed by atoms with Crippen LogP contribution in [0.3, 0.4) is 0 Å². The lowest BCUT2D eigenvalue weighted by Crippen LogP contribution is -2.61. The maximum atomic E-state index is 2.62. The van der Waals surface area contributed by atoms with Gasteiger partial charge in [0, 0.05) is 34.1 Å². The lowest BCUT2D eigenvalue weighted by molar-refractivity contribution is 1.26. The van der Waals surface area contributed by atoms with E-state index in [1.807, 2.05) is 0 Å². The number of rotatable bonds is 6. The van der Waals surface area contributed by atoms with Crippen molar-refractivity contribution in [3.63, 3.8) is 0 Å². The summed E-state index contributed by atoms with van der Waals surface area (Å²) in [5.41, 5.74) is 25.4. The number of hydrogen-bond acceptors (Lipinski definition) is 2. The summed E-state index contributed by atoms with van der Waals surface area (Å²) in [5, 5.41) is 0. The largest absolute Gasteiger partial charge is 0.311 e. The first-order valence-electron chi connectivity index (χ1n) is 21.3. The Morgan fingerprint density at radius 2 is 0.750 bits per heavy atom. The van der Waals surface area contributed by atoms with Crippen LogP contribution in [0.4, 0.5) is 28.4 Å². The smallest absolute Gasteiger partial charge is 0.248 e. The van der Waals surface area contributed by atoms with Crippen LogP contribution in [0.1, 0.15) is 44.5 Å². The Morgan fingerprint density at radius 1 is 0.333 bits per heavy atom. The van der Waals surface area contributed by atoms with Crippen LogP contribution >= 0.6 is 0 Å². The van der Waals surface area contributed by atoms with Gasteiger partial charge in [-0.1, -0.05) is 190 Å². The van der Waals surface area contributed by atoms with E-state index >= 15 is 0 Å². The molecule has 288 valence electrons. The van der Waals surface area contributed by atoms with Gasteiger partial charge in [-0.15, -0.1) is 0 Å². The zero-order valence-electron chi connectivity index (χ0n) is 35.4. The number of fused-ring (bicyclic) bond motifs is 3. The van der Waals surface area contributed by atoms with Crippen LogP contribution in [0, 0.1) is 41.5 Å². The third-order valence-corrected chi connectivity index (χ3v) is 12.8. The van der Waals surface area contributed by atoms with Gasteiger partial charge in [0.1, 0.15) is 0 Å². The molecule has 0 bridgehead atoms. The lowest BCUT2D eigenvalue weighted by Gasteiger charge is -2.43. The van der Waals surface area contributed by atoms with Crippen LogP contribution < -0.4 is 37.1 Å². The second-order valence-electron chi connectivity index (χ2n) is 16.9. The molecule has 60 heavy (non-hydrogen) atoms. The second-order valence-corrected chi connectivity index (χ2v) is 16.9. The molecule has 0 saturated heterocycles. The summed E-state index contributed by atoms with van der Waals surface area (Å²) in [4.78, 5) is 5.07. The monoisotopic (exact) mass is 770 g/mol. The van der Waals surface area contributed by atoms with E-state index in [1.54, 1.807) is 0 Å². The van der Waals surface area contributed by atoms with Crippen LogP contribution in [0.5, 0.6) is 0 Å². The fraction of sp³-hybridized carbons (Fsp3) is 0.107. The van der Waals surface area contributed by atoms with E-state index in [4.69, 9.17) is 0 Å². The molecule has 0 unspecified atom stereocenters. The Labute approximate surface area is 356 Å². The Kier molecular flexibility index (Phi) is 9.45. The van der Waals surface area contributed by atoms with Gasteiger partial charge in [-0.05, 0) is 111 Å². The van der Waals surface area contributed by atoms with E-state index in [-0.39, 0.29) is 13.4 Å². The zero-order valence-corrected chi connectivity index (χ0v) is 35.4. The molecule has 0 fully saturated rings. The lowest BCUT2D eigenvalue weighted by atomic mass is 9.29. The summed E-state index contributed by atoms with van der Waals surface area (Å²) in [6.07, 6.45) is 0. The van der Waals surface area contributed by atoms with E-state index in [0.29, 0.717) is 0 Å². The van der Waals surface area contributed by atoms with Gasteiger partial charge < -0.3 is 9.80 Å². The van der Waals surface area contributed by atoms with E-state index in [9.17, 15) is 0 Å². The summed E-state index contributed by atoms with van der Waals surface area (Å²) in [6, 6.07) is 67.9. The molecule has 0 spiro atoms. The first-order chi connectivity index (χ1) is 29.3. The third-order valence-electron chi connectivity index (χ3n) is 12.8. The van der Waals surface area contributed by atoms with Crippen molar-refractivity contribution in [2.75, 3.05) is 9.80 Å². The quantitative estimate of drug-likeness (QED) is 0.155. The molecule has 0 radical (unpaired) electrons. The Hall–Kier alpha value is -6.77. The molecule has 8 aromatic carbocycles. The van der Waals surface area contributed by atoms with Gasteiger partial charge >= 0.3 is 0 Å². The van der Waals surface area contributed by atoms with Crippen LogP contribution in [0.2, 0.25) is 0 Å². The zero-order chi connectivity index (χ0) is 41.1. The van der Waals surface area contributed by atoms with Gasteiger partial charge in [0.2, 0.25) is 13.4 Å². The fourth-order valence-corrected chi connectivity index (χ4v) is 10.6. The van der Waals surface area contributed by atoms with E-state index in [2.05, 4.69) is 233 Å². The summed E-state index contributed by atoms with van der Waals surface area (Å²) in [5.74, 6) is 0. The number of benzene rings is 8. The molecule has 2 aliphatic heterocycles. The normalized spacial score (nSPS) is 13.3. The molecular formula is C56H48B2N2. The molecule has 0 saturated carbocycles. The molecule has 2 aliphatic rings. The fourth-order valence-electron chi connectivity index (χ4n) is 10.6. The standard InChI is InChI=1S/C56H48B2N2/c1-37-31-39(3)53(40(4)32-37)57-47-29-19-20-30-50(47)59(45-25-15-9-16-26-45)51-36-52-49(35-48(51)57)58(54-41(5)33-38(2)34-42(54)6)55(43-21-11-7-12-22-43)56(44-23-13-8-14-24-44)60(52)46-27-17-10-18-28-46/h7-36H,1-6H3. The number of hydrogen-bond donors (Lipinski definition) is 0. The summed E-state index contributed by atoms with van der Waals surface area (Å²) < 4.78 is 0. The van der Waals surface area contributed by atoms with Gasteiger partial charge in [-0.2, -0.15) is 0 Å². The molecule has 2 heterocycles. The van der Waals surface area contributed by atoms with E-state index in [0.717, 1.165) is 11.4 Å². The maximum Gasteiger partial charge on any atom is 0.248 e. The van der Waals surface area contributed by atoms with Crippen molar-refractivity contribution in [2.45, 2.75) is 41.5 Å².